The minimum Gasteiger partial charge on any atom is -0.391 e. The van der Waals surface area contributed by atoms with Crippen LogP contribution < -0.4 is 5.32 Å². The standard InChI is InChI=1S/C19H24N2O3/c1-4-16-17(13(3)22)12(2)21-18(16)19(24)20-11-15(23)10-14-8-6-5-7-9-14/h5-9,15,21,23H,4,10-11H2,1-3H3,(H,20,24). The number of aliphatic hydroxyl groups is 1. The lowest BCUT2D eigenvalue weighted by Gasteiger charge is -2.12. The van der Waals surface area contributed by atoms with Crippen molar-refractivity contribution in [2.24, 2.45) is 0 Å². The maximum Gasteiger partial charge on any atom is 0.268 e. The van der Waals surface area contributed by atoms with Crippen molar-refractivity contribution >= 4 is 11.7 Å². The number of carbonyl (C=O) groups is 2. The van der Waals surface area contributed by atoms with Crippen molar-refractivity contribution < 1.29 is 14.7 Å². The summed E-state index contributed by atoms with van der Waals surface area (Å²) < 4.78 is 0. The zero-order chi connectivity index (χ0) is 17.7. The van der Waals surface area contributed by atoms with Crippen molar-refractivity contribution in [2.45, 2.75) is 39.7 Å². The number of hydrogen-bond donors (Lipinski definition) is 3. The molecule has 0 spiro atoms. The first-order valence-corrected chi connectivity index (χ1v) is 8.16. The molecule has 128 valence electrons. The average Bonchev–Trinajstić information content (AvgIpc) is 2.90. The maximum atomic E-state index is 12.4. The van der Waals surface area contributed by atoms with Gasteiger partial charge in [0.25, 0.3) is 5.91 Å². The van der Waals surface area contributed by atoms with Crippen molar-refractivity contribution in [3.05, 3.63) is 58.4 Å². The van der Waals surface area contributed by atoms with Gasteiger partial charge in [-0.15, -0.1) is 0 Å². The van der Waals surface area contributed by atoms with Gasteiger partial charge in [-0.3, -0.25) is 9.59 Å². The van der Waals surface area contributed by atoms with E-state index in [1.165, 1.54) is 6.92 Å². The first kappa shape index (κ1) is 17.9. The van der Waals surface area contributed by atoms with Crippen LogP contribution in [0.15, 0.2) is 30.3 Å². The van der Waals surface area contributed by atoms with Crippen LogP contribution in [0.25, 0.3) is 0 Å². The minimum absolute atomic E-state index is 0.0521. The highest BCUT2D eigenvalue weighted by molar-refractivity contribution is 6.02. The molecule has 0 saturated carbocycles. The van der Waals surface area contributed by atoms with Crippen molar-refractivity contribution in [3.8, 4) is 0 Å². The Morgan fingerprint density at radius 3 is 2.50 bits per heavy atom. The van der Waals surface area contributed by atoms with E-state index in [0.717, 1.165) is 11.1 Å². The van der Waals surface area contributed by atoms with Crippen LogP contribution in [0.4, 0.5) is 0 Å². The van der Waals surface area contributed by atoms with Gasteiger partial charge in [-0.25, -0.2) is 0 Å². The second kappa shape index (κ2) is 7.93. The highest BCUT2D eigenvalue weighted by Crippen LogP contribution is 2.20. The molecule has 1 atom stereocenters. The number of aryl methyl sites for hydroxylation is 1. The van der Waals surface area contributed by atoms with E-state index in [9.17, 15) is 14.7 Å². The van der Waals surface area contributed by atoms with Crippen LogP contribution in [0.5, 0.6) is 0 Å². The number of benzene rings is 1. The Balaban J connectivity index is 2.02. The molecule has 0 radical (unpaired) electrons. The van der Waals surface area contributed by atoms with Gasteiger partial charge in [0.2, 0.25) is 0 Å². The summed E-state index contributed by atoms with van der Waals surface area (Å²) in [5.41, 5.74) is 3.45. The Kier molecular flexibility index (Phi) is 5.93. The molecule has 1 amide bonds. The second-order valence-electron chi connectivity index (χ2n) is 5.94. The lowest BCUT2D eigenvalue weighted by atomic mass is 10.0. The predicted octanol–water partition coefficient (Wildman–Crippen LogP) is 2.42. The van der Waals surface area contributed by atoms with Crippen LogP contribution in [0.2, 0.25) is 0 Å². The molecule has 0 aliphatic rings. The van der Waals surface area contributed by atoms with Crippen LogP contribution in [0.1, 0.15) is 51.5 Å². The number of amides is 1. The summed E-state index contributed by atoms with van der Waals surface area (Å²) in [6.07, 6.45) is 0.406. The third-order valence-electron chi connectivity index (χ3n) is 4.04. The Hall–Kier alpha value is -2.40. The molecule has 1 aromatic heterocycles. The summed E-state index contributed by atoms with van der Waals surface area (Å²) in [4.78, 5) is 27.2. The van der Waals surface area contributed by atoms with E-state index in [1.807, 2.05) is 37.3 Å². The highest BCUT2D eigenvalue weighted by atomic mass is 16.3. The van der Waals surface area contributed by atoms with Gasteiger partial charge in [-0.05, 0) is 31.4 Å². The van der Waals surface area contributed by atoms with Crippen LogP contribution in [-0.2, 0) is 12.8 Å². The molecule has 0 bridgehead atoms. The quantitative estimate of drug-likeness (QED) is 0.683. The fraction of sp³-hybridized carbons (Fsp3) is 0.368. The number of hydrogen-bond acceptors (Lipinski definition) is 3. The zero-order valence-electron chi connectivity index (χ0n) is 14.3. The van der Waals surface area contributed by atoms with E-state index < -0.39 is 6.10 Å². The lowest BCUT2D eigenvalue weighted by Crippen LogP contribution is -2.33. The number of rotatable bonds is 7. The van der Waals surface area contributed by atoms with Gasteiger partial charge in [0.1, 0.15) is 5.69 Å². The summed E-state index contributed by atoms with van der Waals surface area (Å²) in [6.45, 7) is 5.36. The van der Waals surface area contributed by atoms with Gasteiger partial charge in [-0.2, -0.15) is 0 Å². The van der Waals surface area contributed by atoms with E-state index in [-0.39, 0.29) is 18.2 Å². The Bertz CT molecular complexity index is 720. The number of aliphatic hydroxyl groups excluding tert-OH is 1. The van der Waals surface area contributed by atoms with Gasteiger partial charge in [0, 0.05) is 24.2 Å². The smallest absolute Gasteiger partial charge is 0.268 e. The topological polar surface area (TPSA) is 82.2 Å². The summed E-state index contributed by atoms with van der Waals surface area (Å²) in [6, 6.07) is 9.63. The first-order valence-electron chi connectivity index (χ1n) is 8.16. The van der Waals surface area contributed by atoms with Gasteiger partial charge in [0.05, 0.1) is 6.10 Å². The molecule has 5 nitrogen and oxygen atoms in total. The van der Waals surface area contributed by atoms with Crippen LogP contribution in [-0.4, -0.2) is 34.4 Å². The van der Waals surface area contributed by atoms with Gasteiger partial charge in [-0.1, -0.05) is 37.3 Å². The molecule has 0 saturated heterocycles. The summed E-state index contributed by atoms with van der Waals surface area (Å²) in [5.74, 6) is -0.349. The second-order valence-corrected chi connectivity index (χ2v) is 5.94. The van der Waals surface area contributed by atoms with E-state index in [1.54, 1.807) is 6.92 Å². The predicted molar refractivity (Wildman–Crippen MR) is 93.4 cm³/mol. The Labute approximate surface area is 142 Å². The molecule has 2 rings (SSSR count). The van der Waals surface area contributed by atoms with Crippen molar-refractivity contribution in [3.63, 3.8) is 0 Å². The fourth-order valence-corrected chi connectivity index (χ4v) is 2.96. The molecule has 0 aliphatic heterocycles. The lowest BCUT2D eigenvalue weighted by molar-refractivity contribution is 0.0910. The van der Waals surface area contributed by atoms with Crippen molar-refractivity contribution in [1.82, 2.24) is 10.3 Å². The van der Waals surface area contributed by atoms with Crippen LogP contribution in [0, 0.1) is 6.92 Å². The fourth-order valence-electron chi connectivity index (χ4n) is 2.96. The summed E-state index contributed by atoms with van der Waals surface area (Å²) in [7, 11) is 0. The molecule has 1 aromatic carbocycles. The van der Waals surface area contributed by atoms with Gasteiger partial charge in [0.15, 0.2) is 5.78 Å². The molecule has 24 heavy (non-hydrogen) atoms. The molecule has 5 heteroatoms. The third kappa shape index (κ3) is 4.11. The number of ketones is 1. The zero-order valence-corrected chi connectivity index (χ0v) is 14.3. The van der Waals surface area contributed by atoms with E-state index in [2.05, 4.69) is 10.3 Å². The third-order valence-corrected chi connectivity index (χ3v) is 4.04. The average molecular weight is 328 g/mol. The van der Waals surface area contributed by atoms with E-state index in [4.69, 9.17) is 0 Å². The highest BCUT2D eigenvalue weighted by Gasteiger charge is 2.21. The van der Waals surface area contributed by atoms with Gasteiger partial charge < -0.3 is 15.4 Å². The number of aromatic amines is 1. The Morgan fingerprint density at radius 2 is 1.92 bits per heavy atom. The molecule has 3 N–H and O–H groups in total. The SMILES string of the molecule is CCc1c(C(=O)NCC(O)Cc2ccccc2)[nH]c(C)c1C(C)=O. The molecule has 0 fully saturated rings. The molecule has 1 unspecified atom stereocenters. The number of Topliss-reactive ketones (excluding diaryl/α,β-unsaturated/α-hetero) is 1. The molecular weight excluding hydrogens is 304 g/mol. The molecular formula is C19H24N2O3. The molecule has 0 aliphatic carbocycles. The largest absolute Gasteiger partial charge is 0.391 e. The van der Waals surface area contributed by atoms with Crippen molar-refractivity contribution in [1.29, 1.82) is 0 Å². The normalized spacial score (nSPS) is 12.0. The number of H-pyrrole nitrogens is 1. The van der Waals surface area contributed by atoms with Gasteiger partial charge >= 0.3 is 0 Å². The van der Waals surface area contributed by atoms with E-state index in [0.29, 0.717) is 29.8 Å². The monoisotopic (exact) mass is 328 g/mol. The number of nitrogens with one attached hydrogen (secondary N) is 2. The molecule has 2 aromatic rings. The first-order chi connectivity index (χ1) is 11.4. The summed E-state index contributed by atoms with van der Waals surface area (Å²) >= 11 is 0. The number of carbonyl (C=O) groups excluding carboxylic acids is 2. The minimum atomic E-state index is -0.662. The van der Waals surface area contributed by atoms with Crippen LogP contribution >= 0.6 is 0 Å². The van der Waals surface area contributed by atoms with E-state index >= 15 is 0 Å². The van der Waals surface area contributed by atoms with Crippen LogP contribution in [0.3, 0.4) is 0 Å². The Morgan fingerprint density at radius 1 is 1.25 bits per heavy atom. The summed E-state index contributed by atoms with van der Waals surface area (Å²) in [5, 5.41) is 12.8. The maximum absolute atomic E-state index is 12.4. The molecule has 1 heterocycles. The van der Waals surface area contributed by atoms with Crippen molar-refractivity contribution in [2.75, 3.05) is 6.54 Å². The number of aromatic nitrogens is 1.